The van der Waals surface area contributed by atoms with Crippen LogP contribution < -0.4 is 0 Å². The molecule has 2 heterocycles. The van der Waals surface area contributed by atoms with Crippen molar-refractivity contribution in [1.82, 2.24) is 4.57 Å². The van der Waals surface area contributed by atoms with Crippen LogP contribution in [-0.2, 0) is 16.1 Å². The van der Waals surface area contributed by atoms with Gasteiger partial charge in [0, 0.05) is 30.8 Å². The van der Waals surface area contributed by atoms with E-state index in [-0.39, 0.29) is 0 Å². The predicted molar refractivity (Wildman–Crippen MR) is 86.8 cm³/mol. The van der Waals surface area contributed by atoms with Gasteiger partial charge in [0.15, 0.2) is 0 Å². The third kappa shape index (κ3) is 5.09. The molecule has 0 saturated heterocycles. The summed E-state index contributed by atoms with van der Waals surface area (Å²) in [4.78, 5) is 23.9. The second-order valence-electron chi connectivity index (χ2n) is 5.70. The maximum Gasteiger partial charge on any atom is 0.328 e. The van der Waals surface area contributed by atoms with E-state index in [9.17, 15) is 9.59 Å². The van der Waals surface area contributed by atoms with Gasteiger partial charge in [-0.25, -0.2) is 9.59 Å². The number of hydrogen-bond donors (Lipinski definition) is 2. The maximum atomic E-state index is 9.55. The zero-order chi connectivity index (χ0) is 16.7. The van der Waals surface area contributed by atoms with E-state index < -0.39 is 11.9 Å². The number of aliphatic imine (C=N–C) groups is 1. The molecule has 0 aromatic carbocycles. The zero-order valence-corrected chi connectivity index (χ0v) is 13.0. The number of nitrogens with zero attached hydrogens (tertiary/aromatic N) is 2. The van der Waals surface area contributed by atoms with Gasteiger partial charge < -0.3 is 14.8 Å². The molecule has 6 heteroatoms. The van der Waals surface area contributed by atoms with Crippen LogP contribution in [-0.4, -0.2) is 39.0 Å². The van der Waals surface area contributed by atoms with Crippen LogP contribution in [0.2, 0.25) is 0 Å². The van der Waals surface area contributed by atoms with Gasteiger partial charge in [-0.3, -0.25) is 4.99 Å². The fourth-order valence-electron chi connectivity index (χ4n) is 3.06. The smallest absolute Gasteiger partial charge is 0.328 e. The lowest BCUT2D eigenvalue weighted by Gasteiger charge is -2.26. The summed E-state index contributed by atoms with van der Waals surface area (Å²) in [6, 6.07) is 4.38. The highest BCUT2D eigenvalue weighted by Gasteiger charge is 2.23. The van der Waals surface area contributed by atoms with Gasteiger partial charge >= 0.3 is 11.9 Å². The first-order chi connectivity index (χ1) is 11.1. The Bertz CT molecular complexity index is 594. The minimum atomic E-state index is -1.26. The molecule has 2 aliphatic rings. The first-order valence-electron chi connectivity index (χ1n) is 7.91. The van der Waals surface area contributed by atoms with E-state index in [2.05, 4.69) is 22.9 Å². The summed E-state index contributed by atoms with van der Waals surface area (Å²) in [5.74, 6) is -1.77. The molecule has 1 aromatic rings. The quantitative estimate of drug-likeness (QED) is 0.838. The average Bonchev–Trinajstić information content (AvgIpc) is 3.03. The van der Waals surface area contributed by atoms with E-state index in [1.54, 1.807) is 0 Å². The van der Waals surface area contributed by atoms with E-state index >= 15 is 0 Å². The lowest BCUT2D eigenvalue weighted by atomic mass is 9.84. The minimum Gasteiger partial charge on any atom is -0.478 e. The topological polar surface area (TPSA) is 91.9 Å². The molecule has 1 aliphatic heterocycles. The van der Waals surface area contributed by atoms with Gasteiger partial charge in [-0.1, -0.05) is 19.3 Å². The molecule has 0 bridgehead atoms. The highest BCUT2D eigenvalue weighted by atomic mass is 16.4. The SMILES string of the molecule is O=C(O)/C=C\C(=O)O.c1cc2n(c1)CCN=C2C1CCCCC1. The molecule has 0 atom stereocenters. The summed E-state index contributed by atoms with van der Waals surface area (Å²) in [5.41, 5.74) is 2.78. The van der Waals surface area contributed by atoms with Crippen LogP contribution in [0.4, 0.5) is 0 Å². The first kappa shape index (κ1) is 17.0. The Kier molecular flexibility index (Phi) is 6.14. The Morgan fingerprint density at radius 2 is 1.78 bits per heavy atom. The van der Waals surface area contributed by atoms with E-state index in [0.717, 1.165) is 19.0 Å². The highest BCUT2D eigenvalue weighted by molar-refractivity contribution is 6.01. The van der Waals surface area contributed by atoms with Crippen molar-refractivity contribution in [2.75, 3.05) is 6.54 Å². The van der Waals surface area contributed by atoms with E-state index in [0.29, 0.717) is 12.2 Å². The first-order valence-corrected chi connectivity index (χ1v) is 7.91. The molecule has 124 valence electrons. The van der Waals surface area contributed by atoms with Crippen LogP contribution in [0.3, 0.4) is 0 Å². The highest BCUT2D eigenvalue weighted by Crippen LogP contribution is 2.28. The molecule has 1 aliphatic carbocycles. The molecular weight excluding hydrogens is 296 g/mol. The summed E-state index contributed by atoms with van der Waals surface area (Å²) in [5, 5.41) is 15.6. The van der Waals surface area contributed by atoms with Crippen LogP contribution in [0.25, 0.3) is 0 Å². The van der Waals surface area contributed by atoms with Crippen LogP contribution in [0.5, 0.6) is 0 Å². The number of rotatable bonds is 3. The fraction of sp³-hybridized carbons (Fsp3) is 0.471. The molecule has 23 heavy (non-hydrogen) atoms. The molecule has 1 saturated carbocycles. The molecule has 0 amide bonds. The predicted octanol–water partition coefficient (Wildman–Crippen LogP) is 2.58. The summed E-state index contributed by atoms with van der Waals surface area (Å²) in [6.45, 7) is 2.05. The van der Waals surface area contributed by atoms with Gasteiger partial charge in [-0.2, -0.15) is 0 Å². The normalized spacial score (nSPS) is 17.8. The molecule has 2 N–H and O–H groups in total. The number of carbonyl (C=O) groups is 2. The van der Waals surface area contributed by atoms with Crippen molar-refractivity contribution < 1.29 is 19.8 Å². The van der Waals surface area contributed by atoms with E-state index in [4.69, 9.17) is 15.2 Å². The lowest BCUT2D eigenvalue weighted by Crippen LogP contribution is -2.26. The Labute approximate surface area is 135 Å². The van der Waals surface area contributed by atoms with Gasteiger partial charge in [-0.15, -0.1) is 0 Å². The maximum absolute atomic E-state index is 9.55. The Morgan fingerprint density at radius 3 is 2.39 bits per heavy atom. The Hall–Kier alpha value is -2.37. The molecule has 6 nitrogen and oxygen atoms in total. The summed E-state index contributed by atoms with van der Waals surface area (Å²) in [7, 11) is 0. The number of aromatic nitrogens is 1. The molecule has 3 rings (SSSR count). The van der Waals surface area contributed by atoms with Gasteiger partial charge in [0.2, 0.25) is 0 Å². The monoisotopic (exact) mass is 318 g/mol. The van der Waals surface area contributed by atoms with Crippen molar-refractivity contribution in [3.63, 3.8) is 0 Å². The third-order valence-electron chi connectivity index (χ3n) is 4.08. The van der Waals surface area contributed by atoms with Gasteiger partial charge in [0.25, 0.3) is 0 Å². The number of aliphatic carboxylic acids is 2. The van der Waals surface area contributed by atoms with Gasteiger partial charge in [0.05, 0.1) is 18.0 Å². The second kappa shape index (κ2) is 8.31. The van der Waals surface area contributed by atoms with Crippen LogP contribution >= 0.6 is 0 Å². The second-order valence-corrected chi connectivity index (χ2v) is 5.70. The van der Waals surface area contributed by atoms with Crippen molar-refractivity contribution in [3.05, 3.63) is 36.2 Å². The zero-order valence-electron chi connectivity index (χ0n) is 13.0. The van der Waals surface area contributed by atoms with Gasteiger partial charge in [0.1, 0.15) is 0 Å². The number of carboxylic acids is 2. The summed E-state index contributed by atoms with van der Waals surface area (Å²) >= 11 is 0. The average molecular weight is 318 g/mol. The Morgan fingerprint density at radius 1 is 1.13 bits per heavy atom. The van der Waals surface area contributed by atoms with Crippen molar-refractivity contribution in [2.24, 2.45) is 10.9 Å². The number of carboxylic acid groups (broad SMARTS) is 2. The lowest BCUT2D eigenvalue weighted by molar-refractivity contribution is -0.134. The molecule has 1 fully saturated rings. The molecule has 0 radical (unpaired) electrons. The molecule has 0 spiro atoms. The van der Waals surface area contributed by atoms with Crippen LogP contribution in [0.15, 0.2) is 35.5 Å². The largest absolute Gasteiger partial charge is 0.478 e. The minimum absolute atomic E-state index is 0.558. The fourth-order valence-corrected chi connectivity index (χ4v) is 3.06. The molecule has 1 aromatic heterocycles. The third-order valence-corrected chi connectivity index (χ3v) is 4.08. The van der Waals surface area contributed by atoms with Crippen LogP contribution in [0, 0.1) is 5.92 Å². The number of hydrogen-bond acceptors (Lipinski definition) is 3. The Balaban J connectivity index is 0.000000207. The summed E-state index contributed by atoms with van der Waals surface area (Å²) < 4.78 is 2.36. The van der Waals surface area contributed by atoms with Crippen LogP contribution in [0.1, 0.15) is 37.8 Å². The number of fused-ring (bicyclic) bond motifs is 1. The van der Waals surface area contributed by atoms with Crippen molar-refractivity contribution in [3.8, 4) is 0 Å². The van der Waals surface area contributed by atoms with Crippen molar-refractivity contribution in [2.45, 2.75) is 38.6 Å². The van der Waals surface area contributed by atoms with Gasteiger partial charge in [-0.05, 0) is 25.0 Å². The molecule has 0 unspecified atom stereocenters. The van der Waals surface area contributed by atoms with Crippen molar-refractivity contribution >= 4 is 17.7 Å². The van der Waals surface area contributed by atoms with Crippen molar-refractivity contribution in [1.29, 1.82) is 0 Å². The molecular formula is C17H22N2O4. The van der Waals surface area contributed by atoms with E-state index in [1.165, 1.54) is 43.5 Å². The standard InChI is InChI=1S/C13H18N2.C4H4O4/c1-2-5-11(6-3-1)13-12-7-4-9-15(12)10-8-14-13;5-3(6)1-2-4(7)8/h4,7,9,11H,1-3,5-6,8,10H2;1-2H,(H,5,6)(H,7,8)/b;2-1-. The van der Waals surface area contributed by atoms with E-state index in [1.807, 2.05) is 0 Å². The summed E-state index contributed by atoms with van der Waals surface area (Å²) in [6.07, 6.45) is 10.2.